The Morgan fingerprint density at radius 2 is 1.75 bits per heavy atom. The maximum absolute atomic E-state index is 5.43. The molecule has 1 fully saturated rings. The van der Waals surface area contributed by atoms with Crippen LogP contribution in [-0.2, 0) is 0 Å². The predicted molar refractivity (Wildman–Crippen MR) is 80.9 cm³/mol. The van der Waals surface area contributed by atoms with Gasteiger partial charge < -0.3 is 9.80 Å². The topological polar surface area (TPSA) is 86.4 Å². The number of hydrogen-bond donors (Lipinski definition) is 2. The number of aromatic nitrogens is 3. The van der Waals surface area contributed by atoms with Gasteiger partial charge in [0.1, 0.15) is 0 Å². The van der Waals surface area contributed by atoms with Gasteiger partial charge in [-0.25, -0.2) is 5.84 Å². The van der Waals surface area contributed by atoms with Crippen LogP contribution in [0.3, 0.4) is 0 Å². The summed E-state index contributed by atoms with van der Waals surface area (Å²) in [5.41, 5.74) is 2.50. The van der Waals surface area contributed by atoms with E-state index < -0.39 is 0 Å². The molecule has 0 saturated carbocycles. The van der Waals surface area contributed by atoms with Gasteiger partial charge in [-0.05, 0) is 13.8 Å². The summed E-state index contributed by atoms with van der Waals surface area (Å²) in [6, 6.07) is 0.578. The van der Waals surface area contributed by atoms with Crippen molar-refractivity contribution in [2.24, 2.45) is 5.84 Å². The van der Waals surface area contributed by atoms with Crippen molar-refractivity contribution in [3.63, 3.8) is 0 Å². The van der Waals surface area contributed by atoms with Gasteiger partial charge >= 0.3 is 0 Å². The third-order valence-corrected chi connectivity index (χ3v) is 3.47. The van der Waals surface area contributed by atoms with Gasteiger partial charge in [0.25, 0.3) is 0 Å². The van der Waals surface area contributed by atoms with Crippen LogP contribution in [0.5, 0.6) is 0 Å². The summed E-state index contributed by atoms with van der Waals surface area (Å²) in [7, 11) is 3.80. The van der Waals surface area contributed by atoms with Crippen molar-refractivity contribution < 1.29 is 0 Å². The number of nitrogens with two attached hydrogens (primary N) is 1. The van der Waals surface area contributed by atoms with Crippen LogP contribution in [-0.4, -0.2) is 66.2 Å². The van der Waals surface area contributed by atoms with Crippen LogP contribution >= 0.6 is 0 Å². The van der Waals surface area contributed by atoms with Crippen molar-refractivity contribution in [1.29, 1.82) is 0 Å². The summed E-state index contributed by atoms with van der Waals surface area (Å²) in [4.78, 5) is 19.5. The summed E-state index contributed by atoms with van der Waals surface area (Å²) in [5.74, 6) is 7.11. The third-order valence-electron chi connectivity index (χ3n) is 3.47. The molecule has 0 aliphatic carbocycles. The van der Waals surface area contributed by atoms with Crippen LogP contribution in [0.15, 0.2) is 0 Å². The van der Waals surface area contributed by atoms with E-state index in [0.29, 0.717) is 23.9 Å². The molecule has 20 heavy (non-hydrogen) atoms. The first-order valence-electron chi connectivity index (χ1n) is 6.90. The first-order valence-corrected chi connectivity index (χ1v) is 6.90. The monoisotopic (exact) mass is 280 g/mol. The molecule has 1 aromatic rings. The zero-order valence-electron chi connectivity index (χ0n) is 12.7. The highest BCUT2D eigenvalue weighted by Crippen LogP contribution is 2.17. The van der Waals surface area contributed by atoms with E-state index in [1.807, 2.05) is 19.0 Å². The number of nitrogens with zero attached hydrogens (tertiary/aromatic N) is 6. The largest absolute Gasteiger partial charge is 0.347 e. The molecule has 1 aliphatic heterocycles. The number of rotatable bonds is 4. The van der Waals surface area contributed by atoms with Crippen LogP contribution in [0.4, 0.5) is 17.8 Å². The number of anilines is 3. The number of nitrogen functional groups attached to an aromatic ring is 1. The minimum absolute atomic E-state index is 0.394. The molecule has 8 heteroatoms. The molecule has 2 rings (SSSR count). The molecule has 0 bridgehead atoms. The van der Waals surface area contributed by atoms with E-state index in [1.54, 1.807) is 0 Å². The number of piperazine rings is 1. The Labute approximate surface area is 120 Å². The molecule has 0 amide bonds. The number of hydrazine groups is 1. The van der Waals surface area contributed by atoms with E-state index in [4.69, 9.17) is 5.84 Å². The summed E-state index contributed by atoms with van der Waals surface area (Å²) < 4.78 is 0. The summed E-state index contributed by atoms with van der Waals surface area (Å²) in [6.07, 6.45) is 0. The van der Waals surface area contributed by atoms with Crippen molar-refractivity contribution in [1.82, 2.24) is 19.9 Å². The maximum Gasteiger partial charge on any atom is 0.243 e. The van der Waals surface area contributed by atoms with Crippen molar-refractivity contribution in [2.75, 3.05) is 55.5 Å². The lowest BCUT2D eigenvalue weighted by atomic mass is 10.2. The molecule has 1 aromatic heterocycles. The van der Waals surface area contributed by atoms with E-state index in [0.717, 1.165) is 26.2 Å². The van der Waals surface area contributed by atoms with Gasteiger partial charge in [-0.3, -0.25) is 10.3 Å². The zero-order chi connectivity index (χ0) is 14.7. The Morgan fingerprint density at radius 3 is 2.25 bits per heavy atom. The highest BCUT2D eigenvalue weighted by Gasteiger charge is 2.21. The second kappa shape index (κ2) is 6.19. The lowest BCUT2D eigenvalue weighted by Gasteiger charge is -2.37. The minimum atomic E-state index is 0.394. The van der Waals surface area contributed by atoms with Gasteiger partial charge in [-0.2, -0.15) is 15.0 Å². The first kappa shape index (κ1) is 14.7. The second-order valence-corrected chi connectivity index (χ2v) is 5.41. The summed E-state index contributed by atoms with van der Waals surface area (Å²) in [6.45, 7) is 8.31. The average Bonchev–Trinajstić information content (AvgIpc) is 2.46. The van der Waals surface area contributed by atoms with E-state index >= 15 is 0 Å². The molecule has 0 radical (unpaired) electrons. The average molecular weight is 280 g/mol. The molecule has 0 unspecified atom stereocenters. The Kier molecular flexibility index (Phi) is 4.56. The van der Waals surface area contributed by atoms with Crippen LogP contribution in [0.25, 0.3) is 0 Å². The molecule has 2 heterocycles. The fourth-order valence-electron chi connectivity index (χ4n) is 2.20. The van der Waals surface area contributed by atoms with Crippen LogP contribution in [0.2, 0.25) is 0 Å². The minimum Gasteiger partial charge on any atom is -0.347 e. The van der Waals surface area contributed by atoms with Gasteiger partial charge in [0.15, 0.2) is 0 Å². The number of hydrogen-bond acceptors (Lipinski definition) is 8. The van der Waals surface area contributed by atoms with E-state index in [1.165, 1.54) is 0 Å². The normalized spacial score (nSPS) is 16.6. The lowest BCUT2D eigenvalue weighted by Crippen LogP contribution is -2.49. The quantitative estimate of drug-likeness (QED) is 0.577. The molecule has 1 aliphatic rings. The smallest absolute Gasteiger partial charge is 0.243 e. The van der Waals surface area contributed by atoms with Gasteiger partial charge in [0.05, 0.1) is 0 Å². The van der Waals surface area contributed by atoms with Crippen molar-refractivity contribution >= 4 is 17.8 Å². The molecular weight excluding hydrogens is 256 g/mol. The van der Waals surface area contributed by atoms with E-state index in [2.05, 4.69) is 44.0 Å². The van der Waals surface area contributed by atoms with Gasteiger partial charge in [0.2, 0.25) is 17.8 Å². The molecule has 8 nitrogen and oxygen atoms in total. The molecule has 0 spiro atoms. The Balaban J connectivity index is 2.15. The maximum atomic E-state index is 5.43. The fourth-order valence-corrected chi connectivity index (χ4v) is 2.20. The molecular formula is C12H24N8. The van der Waals surface area contributed by atoms with Gasteiger partial charge in [-0.15, -0.1) is 0 Å². The zero-order valence-corrected chi connectivity index (χ0v) is 12.7. The highest BCUT2D eigenvalue weighted by atomic mass is 15.4. The van der Waals surface area contributed by atoms with Gasteiger partial charge in [0, 0.05) is 46.3 Å². The molecule has 112 valence electrons. The molecule has 1 saturated heterocycles. The standard InChI is InChI=1S/C12H24N8/c1-9(2)19-5-7-20(8-6-19)12-15-10(17-13)14-11(16-12)18(3)4/h9H,5-8,13H2,1-4H3,(H,14,15,16,17). The summed E-state index contributed by atoms with van der Waals surface area (Å²) >= 11 is 0. The van der Waals surface area contributed by atoms with Crippen LogP contribution in [0.1, 0.15) is 13.8 Å². The molecule has 0 aromatic carbocycles. The van der Waals surface area contributed by atoms with Crippen molar-refractivity contribution in [3.05, 3.63) is 0 Å². The van der Waals surface area contributed by atoms with E-state index in [9.17, 15) is 0 Å². The first-order chi connectivity index (χ1) is 9.51. The van der Waals surface area contributed by atoms with E-state index in [-0.39, 0.29) is 0 Å². The Hall–Kier alpha value is -1.67. The second-order valence-electron chi connectivity index (χ2n) is 5.41. The number of nitrogens with one attached hydrogen (secondary N) is 1. The third kappa shape index (κ3) is 3.26. The fraction of sp³-hybridized carbons (Fsp3) is 0.750. The molecule has 3 N–H and O–H groups in total. The highest BCUT2D eigenvalue weighted by molar-refractivity contribution is 5.44. The van der Waals surface area contributed by atoms with Crippen molar-refractivity contribution in [2.45, 2.75) is 19.9 Å². The predicted octanol–water partition coefficient (Wildman–Crippen LogP) is -0.246. The lowest BCUT2D eigenvalue weighted by molar-refractivity contribution is 0.208. The summed E-state index contributed by atoms with van der Waals surface area (Å²) in [5, 5.41) is 0. The van der Waals surface area contributed by atoms with Crippen molar-refractivity contribution in [3.8, 4) is 0 Å². The SMILES string of the molecule is CC(C)N1CCN(c2nc(NN)nc(N(C)C)n2)CC1. The van der Waals surface area contributed by atoms with Crippen LogP contribution < -0.4 is 21.1 Å². The Bertz CT molecular complexity index is 439. The molecule has 0 atom stereocenters. The Morgan fingerprint density at radius 1 is 1.10 bits per heavy atom. The van der Waals surface area contributed by atoms with Crippen LogP contribution in [0, 0.1) is 0 Å². The van der Waals surface area contributed by atoms with Gasteiger partial charge in [-0.1, -0.05) is 0 Å².